The number of amides is 1. The van der Waals surface area contributed by atoms with Crippen LogP contribution in [0.15, 0.2) is 34.9 Å². The molecule has 0 aliphatic rings. The molecule has 2 rings (SSSR count). The number of pyridine rings is 1. The number of carbonyl (C=O) groups is 1. The molecule has 0 atom stereocenters. The second-order valence-corrected chi connectivity index (χ2v) is 5.26. The Hall–Kier alpha value is -1.88. The van der Waals surface area contributed by atoms with Gasteiger partial charge in [0.1, 0.15) is 5.69 Å². The average molecular weight is 320 g/mol. The van der Waals surface area contributed by atoms with Gasteiger partial charge in [0, 0.05) is 22.0 Å². The van der Waals surface area contributed by atoms with Gasteiger partial charge < -0.3 is 11.1 Å². The first-order valence-electron chi connectivity index (χ1n) is 5.77. The first-order chi connectivity index (χ1) is 8.97. The molecule has 0 aliphatic carbocycles. The highest BCUT2D eigenvalue weighted by Gasteiger charge is 2.11. The van der Waals surface area contributed by atoms with Crippen LogP contribution < -0.4 is 11.1 Å². The maximum atomic E-state index is 12.1. The molecule has 3 N–H and O–H groups in total. The maximum absolute atomic E-state index is 12.1. The van der Waals surface area contributed by atoms with Crippen molar-refractivity contribution >= 4 is 33.2 Å². The molecule has 98 valence electrons. The normalized spacial score (nSPS) is 10.3. The van der Waals surface area contributed by atoms with E-state index in [1.54, 1.807) is 18.3 Å². The van der Waals surface area contributed by atoms with E-state index in [4.69, 9.17) is 5.73 Å². The molecule has 4 nitrogen and oxygen atoms in total. The summed E-state index contributed by atoms with van der Waals surface area (Å²) >= 11 is 3.28. The van der Waals surface area contributed by atoms with E-state index in [-0.39, 0.29) is 5.91 Å². The summed E-state index contributed by atoms with van der Waals surface area (Å²) in [5.41, 5.74) is 9.47. The number of hydrogen-bond donors (Lipinski definition) is 2. The van der Waals surface area contributed by atoms with E-state index in [0.717, 1.165) is 21.3 Å². The van der Waals surface area contributed by atoms with Crippen LogP contribution in [0, 0.1) is 13.8 Å². The monoisotopic (exact) mass is 319 g/mol. The zero-order valence-corrected chi connectivity index (χ0v) is 12.3. The molecule has 5 heteroatoms. The van der Waals surface area contributed by atoms with Crippen LogP contribution in [0.3, 0.4) is 0 Å². The van der Waals surface area contributed by atoms with Gasteiger partial charge in [0.2, 0.25) is 0 Å². The number of anilines is 2. The summed E-state index contributed by atoms with van der Waals surface area (Å²) in [6, 6.07) is 7.11. The van der Waals surface area contributed by atoms with Gasteiger partial charge in [-0.15, -0.1) is 0 Å². The third-order valence-electron chi connectivity index (χ3n) is 2.75. The van der Waals surface area contributed by atoms with E-state index in [1.165, 1.54) is 0 Å². The molecule has 1 aromatic heterocycles. The van der Waals surface area contributed by atoms with Crippen molar-refractivity contribution in [3.05, 3.63) is 51.8 Å². The summed E-state index contributed by atoms with van der Waals surface area (Å²) in [5.74, 6) is -0.233. The standard InChI is InChI=1S/C14H14BrN3O/c1-8-5-11(16)6-9(2)13(8)18-14(19)12-4-3-10(15)7-17-12/h3-7H,16H2,1-2H3,(H,18,19). The number of nitrogens with one attached hydrogen (secondary N) is 1. The van der Waals surface area contributed by atoms with Gasteiger partial charge in [-0.2, -0.15) is 0 Å². The van der Waals surface area contributed by atoms with E-state index < -0.39 is 0 Å². The predicted octanol–water partition coefficient (Wildman–Crippen LogP) is 3.30. The van der Waals surface area contributed by atoms with E-state index in [0.29, 0.717) is 11.4 Å². The van der Waals surface area contributed by atoms with Gasteiger partial charge in [0.25, 0.3) is 5.91 Å². The molecule has 0 radical (unpaired) electrons. The highest BCUT2D eigenvalue weighted by atomic mass is 79.9. The van der Waals surface area contributed by atoms with Gasteiger partial charge in [-0.3, -0.25) is 4.79 Å². The summed E-state index contributed by atoms with van der Waals surface area (Å²) in [4.78, 5) is 16.2. The number of carbonyl (C=O) groups excluding carboxylic acids is 1. The molecule has 1 amide bonds. The lowest BCUT2D eigenvalue weighted by Crippen LogP contribution is -2.15. The molecule has 0 bridgehead atoms. The summed E-state index contributed by atoms with van der Waals surface area (Å²) < 4.78 is 0.837. The highest BCUT2D eigenvalue weighted by Crippen LogP contribution is 2.23. The topological polar surface area (TPSA) is 68.0 Å². The Balaban J connectivity index is 2.26. The molecule has 0 saturated heterocycles. The van der Waals surface area contributed by atoms with Crippen LogP contribution >= 0.6 is 15.9 Å². The second kappa shape index (κ2) is 5.40. The third kappa shape index (κ3) is 3.12. The molecule has 0 saturated carbocycles. The molecule has 0 fully saturated rings. The van der Waals surface area contributed by atoms with Crippen LogP contribution in [-0.2, 0) is 0 Å². The molecule has 0 aliphatic heterocycles. The number of halogens is 1. The Kier molecular flexibility index (Phi) is 3.85. The van der Waals surface area contributed by atoms with E-state index in [2.05, 4.69) is 26.2 Å². The largest absolute Gasteiger partial charge is 0.399 e. The number of rotatable bonds is 2. The van der Waals surface area contributed by atoms with Crippen LogP contribution in [0.25, 0.3) is 0 Å². The summed E-state index contributed by atoms with van der Waals surface area (Å²) in [7, 11) is 0. The molecular weight excluding hydrogens is 306 g/mol. The fourth-order valence-electron chi connectivity index (χ4n) is 1.88. The van der Waals surface area contributed by atoms with Crippen LogP contribution in [-0.4, -0.2) is 10.9 Å². The number of hydrogen-bond acceptors (Lipinski definition) is 3. The minimum atomic E-state index is -0.233. The Bertz CT molecular complexity index is 600. The Morgan fingerprint density at radius 2 is 1.89 bits per heavy atom. The van der Waals surface area contributed by atoms with Crippen molar-refractivity contribution in [2.75, 3.05) is 11.1 Å². The number of nitrogens with zero attached hydrogens (tertiary/aromatic N) is 1. The molecule has 2 aromatic rings. The average Bonchev–Trinajstić information content (AvgIpc) is 2.34. The summed E-state index contributed by atoms with van der Waals surface area (Å²) in [6.45, 7) is 3.82. The molecule has 0 spiro atoms. The van der Waals surface area contributed by atoms with Gasteiger partial charge in [-0.05, 0) is 65.2 Å². The smallest absolute Gasteiger partial charge is 0.274 e. The Morgan fingerprint density at radius 3 is 2.42 bits per heavy atom. The lowest BCUT2D eigenvalue weighted by atomic mass is 10.1. The maximum Gasteiger partial charge on any atom is 0.274 e. The molecule has 19 heavy (non-hydrogen) atoms. The van der Waals surface area contributed by atoms with Gasteiger partial charge in [-0.1, -0.05) is 0 Å². The number of nitrogens with two attached hydrogens (primary N) is 1. The third-order valence-corrected chi connectivity index (χ3v) is 3.22. The molecule has 0 unspecified atom stereocenters. The van der Waals surface area contributed by atoms with Crippen molar-refractivity contribution < 1.29 is 4.79 Å². The number of benzene rings is 1. The van der Waals surface area contributed by atoms with Crippen molar-refractivity contribution in [2.45, 2.75) is 13.8 Å². The minimum absolute atomic E-state index is 0.233. The first-order valence-corrected chi connectivity index (χ1v) is 6.56. The van der Waals surface area contributed by atoms with Gasteiger partial charge >= 0.3 is 0 Å². The van der Waals surface area contributed by atoms with Crippen molar-refractivity contribution in [3.8, 4) is 0 Å². The lowest BCUT2D eigenvalue weighted by molar-refractivity contribution is 0.102. The van der Waals surface area contributed by atoms with Gasteiger partial charge in [-0.25, -0.2) is 4.98 Å². The number of nitrogen functional groups attached to an aromatic ring is 1. The first kappa shape index (κ1) is 13.5. The van der Waals surface area contributed by atoms with Crippen molar-refractivity contribution in [1.29, 1.82) is 0 Å². The molecule has 1 aromatic carbocycles. The van der Waals surface area contributed by atoms with Crippen LogP contribution in [0.5, 0.6) is 0 Å². The Morgan fingerprint density at radius 1 is 1.26 bits per heavy atom. The predicted molar refractivity (Wildman–Crippen MR) is 80.2 cm³/mol. The SMILES string of the molecule is Cc1cc(N)cc(C)c1NC(=O)c1ccc(Br)cn1. The lowest BCUT2D eigenvalue weighted by Gasteiger charge is -2.12. The van der Waals surface area contributed by atoms with Crippen molar-refractivity contribution in [2.24, 2.45) is 0 Å². The van der Waals surface area contributed by atoms with Gasteiger partial charge in [0.05, 0.1) is 0 Å². The highest BCUT2D eigenvalue weighted by molar-refractivity contribution is 9.10. The fraction of sp³-hybridized carbons (Fsp3) is 0.143. The Labute approximate surface area is 120 Å². The molecule has 1 heterocycles. The van der Waals surface area contributed by atoms with E-state index >= 15 is 0 Å². The van der Waals surface area contributed by atoms with Crippen LogP contribution in [0.2, 0.25) is 0 Å². The van der Waals surface area contributed by atoms with Gasteiger partial charge in [0.15, 0.2) is 0 Å². The zero-order valence-electron chi connectivity index (χ0n) is 10.7. The van der Waals surface area contributed by atoms with E-state index in [1.807, 2.05) is 26.0 Å². The van der Waals surface area contributed by atoms with E-state index in [9.17, 15) is 4.79 Å². The number of aromatic nitrogens is 1. The molecular formula is C14H14BrN3O. The number of aryl methyl sites for hydroxylation is 2. The van der Waals surface area contributed by atoms with Crippen molar-refractivity contribution in [3.63, 3.8) is 0 Å². The van der Waals surface area contributed by atoms with Crippen molar-refractivity contribution in [1.82, 2.24) is 4.98 Å². The summed E-state index contributed by atoms with van der Waals surface area (Å²) in [5, 5.41) is 2.87. The van der Waals surface area contributed by atoms with Crippen LogP contribution in [0.4, 0.5) is 11.4 Å². The second-order valence-electron chi connectivity index (χ2n) is 4.35. The summed E-state index contributed by atoms with van der Waals surface area (Å²) in [6.07, 6.45) is 1.59. The quantitative estimate of drug-likeness (QED) is 0.834. The van der Waals surface area contributed by atoms with Crippen LogP contribution in [0.1, 0.15) is 21.6 Å². The zero-order chi connectivity index (χ0) is 14.0. The minimum Gasteiger partial charge on any atom is -0.399 e. The fourth-order valence-corrected chi connectivity index (χ4v) is 2.12.